The van der Waals surface area contributed by atoms with E-state index in [1.54, 1.807) is 7.11 Å². The Kier molecular flexibility index (Phi) is 6.60. The van der Waals surface area contributed by atoms with E-state index in [0.29, 0.717) is 26.2 Å². The molecule has 0 aliphatic heterocycles. The monoisotopic (exact) mass is 304 g/mol. The molecule has 7 nitrogen and oxygen atoms in total. The van der Waals surface area contributed by atoms with Gasteiger partial charge in [-0.1, -0.05) is 6.92 Å². The minimum Gasteiger partial charge on any atom is -0.383 e. The van der Waals surface area contributed by atoms with Crippen LogP contribution in [-0.4, -0.2) is 55.4 Å². The van der Waals surface area contributed by atoms with Gasteiger partial charge in [-0.15, -0.1) is 0 Å². The maximum absolute atomic E-state index is 12.6. The van der Waals surface area contributed by atoms with Gasteiger partial charge in [0, 0.05) is 32.4 Å². The molecule has 1 heterocycles. The van der Waals surface area contributed by atoms with Crippen molar-refractivity contribution in [2.24, 2.45) is 5.73 Å². The third-order valence-electron chi connectivity index (χ3n) is 3.17. The Morgan fingerprint density at radius 3 is 2.80 bits per heavy atom. The number of sulfonamides is 1. The molecule has 20 heavy (non-hydrogen) atoms. The van der Waals surface area contributed by atoms with Gasteiger partial charge in [0.25, 0.3) is 0 Å². The minimum absolute atomic E-state index is 0.0898. The summed E-state index contributed by atoms with van der Waals surface area (Å²) in [5, 5.41) is 4.02. The first-order valence-corrected chi connectivity index (χ1v) is 8.14. The Morgan fingerprint density at radius 2 is 2.25 bits per heavy atom. The van der Waals surface area contributed by atoms with Crippen LogP contribution >= 0.6 is 0 Å². The van der Waals surface area contributed by atoms with Gasteiger partial charge >= 0.3 is 0 Å². The zero-order valence-electron chi connectivity index (χ0n) is 12.3. The van der Waals surface area contributed by atoms with E-state index in [1.165, 1.54) is 21.4 Å². The fraction of sp³-hybridized carbons (Fsp3) is 0.750. The molecule has 0 aliphatic carbocycles. The molecule has 1 atom stereocenters. The van der Waals surface area contributed by atoms with E-state index in [1.807, 2.05) is 13.8 Å². The molecule has 0 aliphatic rings. The summed E-state index contributed by atoms with van der Waals surface area (Å²) in [6.07, 6.45) is 3.62. The van der Waals surface area contributed by atoms with Crippen LogP contribution < -0.4 is 5.73 Å². The van der Waals surface area contributed by atoms with Crippen molar-refractivity contribution in [3.63, 3.8) is 0 Å². The van der Waals surface area contributed by atoms with Crippen molar-refractivity contribution in [2.45, 2.75) is 37.8 Å². The molecule has 116 valence electrons. The first-order valence-electron chi connectivity index (χ1n) is 6.70. The number of nitrogens with zero attached hydrogens (tertiary/aromatic N) is 3. The van der Waals surface area contributed by atoms with Gasteiger partial charge in [-0.05, 0) is 13.3 Å². The molecule has 0 saturated carbocycles. The van der Waals surface area contributed by atoms with Crippen molar-refractivity contribution in [3.05, 3.63) is 12.4 Å². The molecule has 0 saturated heterocycles. The fourth-order valence-corrected chi connectivity index (χ4v) is 3.47. The number of nitrogens with two attached hydrogens (primary N) is 1. The van der Waals surface area contributed by atoms with Crippen LogP contribution in [0.4, 0.5) is 0 Å². The third-order valence-corrected chi connectivity index (χ3v) is 5.14. The lowest BCUT2D eigenvalue weighted by atomic mass is 10.3. The van der Waals surface area contributed by atoms with Crippen LogP contribution in [0.3, 0.4) is 0 Å². The maximum atomic E-state index is 12.6. The molecule has 0 fully saturated rings. The number of rotatable bonds is 9. The highest BCUT2D eigenvalue weighted by Crippen LogP contribution is 2.18. The third kappa shape index (κ3) is 4.02. The molecule has 1 rings (SSSR count). The first kappa shape index (κ1) is 17.1. The Bertz CT molecular complexity index is 501. The van der Waals surface area contributed by atoms with Gasteiger partial charge in [0.15, 0.2) is 0 Å². The molecule has 0 amide bonds. The van der Waals surface area contributed by atoms with Crippen LogP contribution in [0.5, 0.6) is 0 Å². The normalized spacial score (nSPS) is 13.8. The Balaban J connectivity index is 3.01. The van der Waals surface area contributed by atoms with E-state index in [0.717, 1.165) is 6.42 Å². The second-order valence-corrected chi connectivity index (χ2v) is 6.48. The Labute approximate surface area is 120 Å². The van der Waals surface area contributed by atoms with E-state index in [-0.39, 0.29) is 10.9 Å². The zero-order valence-corrected chi connectivity index (χ0v) is 13.1. The molecule has 8 heteroatoms. The predicted molar refractivity (Wildman–Crippen MR) is 76.8 cm³/mol. The van der Waals surface area contributed by atoms with Crippen molar-refractivity contribution in [1.29, 1.82) is 0 Å². The Hall–Kier alpha value is -0.960. The highest BCUT2D eigenvalue weighted by molar-refractivity contribution is 7.89. The van der Waals surface area contributed by atoms with Crippen molar-refractivity contribution in [3.8, 4) is 0 Å². The van der Waals surface area contributed by atoms with Gasteiger partial charge in [-0.25, -0.2) is 8.42 Å². The van der Waals surface area contributed by atoms with Crippen molar-refractivity contribution < 1.29 is 13.2 Å². The SMILES string of the molecule is CCC(C)N(CCOC)S(=O)(=O)c1cnn(CCN)c1. The molecule has 0 radical (unpaired) electrons. The van der Waals surface area contributed by atoms with Crippen molar-refractivity contribution in [2.75, 3.05) is 26.8 Å². The van der Waals surface area contributed by atoms with Crippen LogP contribution in [0.2, 0.25) is 0 Å². The predicted octanol–water partition coefficient (Wildman–Crippen LogP) is 0.277. The van der Waals surface area contributed by atoms with E-state index in [4.69, 9.17) is 10.5 Å². The number of hydrogen-bond acceptors (Lipinski definition) is 5. The summed E-state index contributed by atoms with van der Waals surface area (Å²) in [5.74, 6) is 0. The van der Waals surface area contributed by atoms with Crippen LogP contribution in [0.1, 0.15) is 20.3 Å². The molecule has 0 aromatic carbocycles. The summed E-state index contributed by atoms with van der Waals surface area (Å²) in [6, 6.07) is -0.0898. The second kappa shape index (κ2) is 7.72. The lowest BCUT2D eigenvalue weighted by molar-refractivity contribution is 0.167. The molecule has 1 unspecified atom stereocenters. The van der Waals surface area contributed by atoms with E-state index in [2.05, 4.69) is 5.10 Å². The van der Waals surface area contributed by atoms with Crippen LogP contribution in [0, 0.1) is 0 Å². The van der Waals surface area contributed by atoms with Gasteiger partial charge in [0.2, 0.25) is 10.0 Å². The standard InChI is InChI=1S/C12H24N4O3S/c1-4-11(2)16(7-8-19-3)20(17,18)12-9-14-15(10-12)6-5-13/h9-11H,4-8,13H2,1-3H3. The summed E-state index contributed by atoms with van der Waals surface area (Å²) in [5.41, 5.74) is 5.44. The van der Waals surface area contributed by atoms with Crippen LogP contribution in [-0.2, 0) is 21.3 Å². The molecule has 1 aromatic heterocycles. The number of aromatic nitrogens is 2. The highest BCUT2D eigenvalue weighted by atomic mass is 32.2. The Morgan fingerprint density at radius 1 is 1.55 bits per heavy atom. The summed E-state index contributed by atoms with van der Waals surface area (Å²) >= 11 is 0. The second-order valence-electron chi connectivity index (χ2n) is 4.59. The molecule has 0 spiro atoms. The summed E-state index contributed by atoms with van der Waals surface area (Å²) < 4.78 is 33.3. The molecular weight excluding hydrogens is 280 g/mol. The fourth-order valence-electron chi connectivity index (χ4n) is 1.83. The molecule has 2 N–H and O–H groups in total. The smallest absolute Gasteiger partial charge is 0.246 e. The maximum Gasteiger partial charge on any atom is 0.246 e. The van der Waals surface area contributed by atoms with Gasteiger partial charge < -0.3 is 10.5 Å². The average molecular weight is 304 g/mol. The van der Waals surface area contributed by atoms with Gasteiger partial charge in [-0.3, -0.25) is 4.68 Å². The average Bonchev–Trinajstić information content (AvgIpc) is 2.88. The molecular formula is C12H24N4O3S. The summed E-state index contributed by atoms with van der Waals surface area (Å²) in [6.45, 7) is 5.45. The topological polar surface area (TPSA) is 90.5 Å². The molecule has 0 bridgehead atoms. The summed E-state index contributed by atoms with van der Waals surface area (Å²) in [4.78, 5) is 0.197. The van der Waals surface area contributed by atoms with Gasteiger partial charge in [-0.2, -0.15) is 9.40 Å². The minimum atomic E-state index is -3.55. The number of methoxy groups -OCH3 is 1. The van der Waals surface area contributed by atoms with E-state index < -0.39 is 10.0 Å². The van der Waals surface area contributed by atoms with E-state index in [9.17, 15) is 8.42 Å². The van der Waals surface area contributed by atoms with E-state index >= 15 is 0 Å². The lowest BCUT2D eigenvalue weighted by Crippen LogP contribution is -2.40. The van der Waals surface area contributed by atoms with Crippen LogP contribution in [0.25, 0.3) is 0 Å². The quantitative estimate of drug-likeness (QED) is 0.707. The zero-order chi connectivity index (χ0) is 15.2. The van der Waals surface area contributed by atoms with Crippen molar-refractivity contribution >= 4 is 10.0 Å². The van der Waals surface area contributed by atoms with Crippen molar-refractivity contribution in [1.82, 2.24) is 14.1 Å². The number of ether oxygens (including phenoxy) is 1. The largest absolute Gasteiger partial charge is 0.383 e. The van der Waals surface area contributed by atoms with Crippen LogP contribution in [0.15, 0.2) is 17.3 Å². The summed E-state index contributed by atoms with van der Waals surface area (Å²) in [7, 11) is -2.00. The number of hydrogen-bond donors (Lipinski definition) is 1. The lowest BCUT2D eigenvalue weighted by Gasteiger charge is -2.26. The van der Waals surface area contributed by atoms with Gasteiger partial charge in [0.1, 0.15) is 4.90 Å². The highest BCUT2D eigenvalue weighted by Gasteiger charge is 2.29. The molecule has 1 aromatic rings. The van der Waals surface area contributed by atoms with Gasteiger partial charge in [0.05, 0.1) is 19.3 Å². The first-order chi connectivity index (χ1) is 9.47.